The van der Waals surface area contributed by atoms with Crippen LogP contribution < -0.4 is 0 Å². The fourth-order valence-corrected chi connectivity index (χ4v) is 3.69. The lowest BCUT2D eigenvalue weighted by atomic mass is 9.80. The average molecular weight is 236 g/mol. The summed E-state index contributed by atoms with van der Waals surface area (Å²) in [5.74, 6) is 0.290. The van der Waals surface area contributed by atoms with Crippen LogP contribution in [0.15, 0.2) is 17.0 Å². The second-order valence-corrected chi connectivity index (χ2v) is 6.09. The van der Waals surface area contributed by atoms with Gasteiger partial charge in [0.05, 0.1) is 5.56 Å². The molecule has 0 saturated heterocycles. The quantitative estimate of drug-likeness (QED) is 0.811. The summed E-state index contributed by atoms with van der Waals surface area (Å²) >= 11 is 1.83. The number of hydrogen-bond acceptors (Lipinski definition) is 2. The molecule has 0 aromatic heterocycles. The van der Waals surface area contributed by atoms with Gasteiger partial charge in [0.2, 0.25) is 0 Å². The fraction of sp³-hybridized carbons (Fsp3) is 0.462. The van der Waals surface area contributed by atoms with Gasteiger partial charge in [0.25, 0.3) is 0 Å². The maximum Gasteiger partial charge on any atom is 0.335 e. The summed E-state index contributed by atoms with van der Waals surface area (Å²) in [6.07, 6.45) is 1.10. The Labute approximate surface area is 100 Å². The average Bonchev–Trinajstić information content (AvgIpc) is 2.15. The minimum absolute atomic E-state index is 0.0957. The summed E-state index contributed by atoms with van der Waals surface area (Å²) in [6.45, 7) is 6.24. The van der Waals surface area contributed by atoms with E-state index in [0.29, 0.717) is 5.56 Å². The third-order valence-electron chi connectivity index (χ3n) is 3.27. The lowest BCUT2D eigenvalue weighted by molar-refractivity contribution is 0.0696. The Balaban J connectivity index is 2.62. The van der Waals surface area contributed by atoms with E-state index in [1.54, 1.807) is 0 Å². The van der Waals surface area contributed by atoms with Crippen LogP contribution in [0.1, 0.15) is 41.8 Å². The van der Waals surface area contributed by atoms with Crippen LogP contribution in [0.25, 0.3) is 0 Å². The van der Waals surface area contributed by atoms with E-state index in [1.807, 2.05) is 30.8 Å². The molecule has 0 spiro atoms. The molecule has 0 saturated carbocycles. The number of carboxylic acids is 1. The van der Waals surface area contributed by atoms with Gasteiger partial charge in [0.15, 0.2) is 0 Å². The zero-order chi connectivity index (χ0) is 11.9. The monoisotopic (exact) mass is 236 g/mol. The van der Waals surface area contributed by atoms with Crippen LogP contribution in [0.2, 0.25) is 0 Å². The van der Waals surface area contributed by atoms with Crippen molar-refractivity contribution in [2.24, 2.45) is 0 Å². The van der Waals surface area contributed by atoms with Crippen molar-refractivity contribution < 1.29 is 9.90 Å². The highest BCUT2D eigenvalue weighted by Gasteiger charge is 2.29. The van der Waals surface area contributed by atoms with E-state index in [0.717, 1.165) is 17.7 Å². The topological polar surface area (TPSA) is 37.3 Å². The first-order chi connectivity index (χ1) is 7.42. The van der Waals surface area contributed by atoms with Crippen LogP contribution in [0.3, 0.4) is 0 Å². The number of aryl methyl sites for hydroxylation is 1. The molecule has 0 atom stereocenters. The van der Waals surface area contributed by atoms with Crippen molar-refractivity contribution in [1.29, 1.82) is 0 Å². The van der Waals surface area contributed by atoms with Gasteiger partial charge < -0.3 is 5.11 Å². The summed E-state index contributed by atoms with van der Waals surface area (Å²) in [5, 5.41) is 9.13. The van der Waals surface area contributed by atoms with E-state index < -0.39 is 5.97 Å². The molecule has 2 rings (SSSR count). The van der Waals surface area contributed by atoms with Gasteiger partial charge in [-0.25, -0.2) is 4.79 Å². The molecule has 0 unspecified atom stereocenters. The van der Waals surface area contributed by atoms with E-state index >= 15 is 0 Å². The molecule has 1 N–H and O–H groups in total. The van der Waals surface area contributed by atoms with E-state index in [4.69, 9.17) is 5.11 Å². The number of aromatic carboxylic acids is 1. The van der Waals surface area contributed by atoms with Crippen molar-refractivity contribution >= 4 is 17.7 Å². The Morgan fingerprint density at radius 1 is 1.44 bits per heavy atom. The molecule has 1 aromatic rings. The molecule has 0 fully saturated rings. The molecule has 16 heavy (non-hydrogen) atoms. The van der Waals surface area contributed by atoms with Crippen LogP contribution in [0.5, 0.6) is 0 Å². The molecule has 0 amide bonds. The van der Waals surface area contributed by atoms with E-state index in [9.17, 15) is 4.79 Å². The van der Waals surface area contributed by atoms with Gasteiger partial charge in [-0.05, 0) is 47.8 Å². The molecule has 86 valence electrons. The highest BCUT2D eigenvalue weighted by atomic mass is 32.2. The molecule has 3 heteroatoms. The summed E-state index contributed by atoms with van der Waals surface area (Å²) < 4.78 is 0. The molecular formula is C13H16O2S. The fourth-order valence-electron chi connectivity index (χ4n) is 2.11. The van der Waals surface area contributed by atoms with Crippen molar-refractivity contribution in [3.05, 3.63) is 28.8 Å². The van der Waals surface area contributed by atoms with Crippen molar-refractivity contribution in [1.82, 2.24) is 0 Å². The maximum atomic E-state index is 11.1. The SMILES string of the molecule is Cc1cc2c(cc1C(=O)O)C(C)(C)CCS2. The minimum atomic E-state index is -0.827. The number of fused-ring (bicyclic) bond motifs is 1. The normalized spacial score (nSPS) is 17.9. The second kappa shape index (κ2) is 3.81. The number of hydrogen-bond donors (Lipinski definition) is 1. The molecule has 0 aliphatic carbocycles. The molecule has 1 heterocycles. The van der Waals surface area contributed by atoms with Gasteiger partial charge in [0, 0.05) is 4.90 Å². The van der Waals surface area contributed by atoms with E-state index in [1.165, 1.54) is 10.5 Å². The van der Waals surface area contributed by atoms with Gasteiger partial charge in [-0.3, -0.25) is 0 Å². The third kappa shape index (κ3) is 1.84. The minimum Gasteiger partial charge on any atom is -0.478 e. The van der Waals surface area contributed by atoms with Crippen LogP contribution in [0, 0.1) is 6.92 Å². The van der Waals surface area contributed by atoms with Crippen LogP contribution in [-0.2, 0) is 5.41 Å². The molecule has 0 bridgehead atoms. The Bertz CT molecular complexity index is 449. The Morgan fingerprint density at radius 3 is 2.75 bits per heavy atom. The largest absolute Gasteiger partial charge is 0.478 e. The van der Waals surface area contributed by atoms with Crippen molar-refractivity contribution in [3.8, 4) is 0 Å². The number of carboxylic acid groups (broad SMARTS) is 1. The van der Waals surface area contributed by atoms with Crippen LogP contribution in [0.4, 0.5) is 0 Å². The van der Waals surface area contributed by atoms with E-state index in [2.05, 4.69) is 13.8 Å². The van der Waals surface area contributed by atoms with Crippen LogP contribution in [-0.4, -0.2) is 16.8 Å². The molecule has 0 radical (unpaired) electrons. The lowest BCUT2D eigenvalue weighted by Gasteiger charge is -2.32. The molecule has 1 aliphatic heterocycles. The summed E-state index contributed by atoms with van der Waals surface area (Å²) in [4.78, 5) is 12.4. The number of rotatable bonds is 1. The van der Waals surface area contributed by atoms with Crippen molar-refractivity contribution in [2.45, 2.75) is 37.5 Å². The number of thioether (sulfide) groups is 1. The first kappa shape index (κ1) is 11.5. The van der Waals surface area contributed by atoms with Gasteiger partial charge in [-0.1, -0.05) is 13.8 Å². The number of benzene rings is 1. The zero-order valence-corrected chi connectivity index (χ0v) is 10.6. The smallest absolute Gasteiger partial charge is 0.335 e. The number of carbonyl (C=O) groups is 1. The Hall–Kier alpha value is -0.960. The molecule has 1 aliphatic rings. The summed E-state index contributed by atoms with van der Waals surface area (Å²) in [5.41, 5.74) is 2.58. The third-order valence-corrected chi connectivity index (χ3v) is 4.33. The highest BCUT2D eigenvalue weighted by molar-refractivity contribution is 7.99. The van der Waals surface area contributed by atoms with E-state index in [-0.39, 0.29) is 5.41 Å². The first-order valence-electron chi connectivity index (χ1n) is 5.43. The molecule has 2 nitrogen and oxygen atoms in total. The Morgan fingerprint density at radius 2 is 2.12 bits per heavy atom. The summed E-state index contributed by atoms with van der Waals surface area (Å²) in [6, 6.07) is 3.88. The van der Waals surface area contributed by atoms with Crippen LogP contribution >= 0.6 is 11.8 Å². The van der Waals surface area contributed by atoms with Gasteiger partial charge in [-0.2, -0.15) is 0 Å². The highest BCUT2D eigenvalue weighted by Crippen LogP contribution is 2.42. The van der Waals surface area contributed by atoms with Gasteiger partial charge in [-0.15, -0.1) is 11.8 Å². The van der Waals surface area contributed by atoms with Gasteiger partial charge in [0.1, 0.15) is 0 Å². The van der Waals surface area contributed by atoms with Crippen molar-refractivity contribution in [2.75, 3.05) is 5.75 Å². The van der Waals surface area contributed by atoms with Crippen molar-refractivity contribution in [3.63, 3.8) is 0 Å². The predicted molar refractivity (Wildman–Crippen MR) is 66.5 cm³/mol. The lowest BCUT2D eigenvalue weighted by Crippen LogP contribution is -2.23. The molecular weight excluding hydrogens is 220 g/mol. The standard InChI is InChI=1S/C13H16O2S/c1-8-6-11-10(7-9(8)12(14)15)13(2,3)4-5-16-11/h6-7H,4-5H2,1-3H3,(H,14,15). The maximum absolute atomic E-state index is 11.1. The molecule has 1 aromatic carbocycles. The second-order valence-electron chi connectivity index (χ2n) is 4.95. The summed E-state index contributed by atoms with van der Waals surface area (Å²) in [7, 11) is 0. The zero-order valence-electron chi connectivity index (χ0n) is 9.83. The first-order valence-corrected chi connectivity index (χ1v) is 6.41. The van der Waals surface area contributed by atoms with Gasteiger partial charge >= 0.3 is 5.97 Å². The Kier molecular flexibility index (Phi) is 2.74. The predicted octanol–water partition coefficient (Wildman–Crippen LogP) is 3.47.